The monoisotopic (exact) mass is 218 g/mol. The number of hydrogen-bond acceptors (Lipinski definition) is 4. The van der Waals surface area contributed by atoms with E-state index in [1.807, 2.05) is 17.5 Å². The summed E-state index contributed by atoms with van der Waals surface area (Å²) in [6.45, 7) is 0.859. The van der Waals surface area contributed by atoms with Gasteiger partial charge in [-0.15, -0.1) is 11.3 Å². The number of rotatable bonds is 2. The summed E-state index contributed by atoms with van der Waals surface area (Å²) in [5.41, 5.74) is 1.07. The van der Waals surface area contributed by atoms with Crippen LogP contribution < -0.4 is 5.32 Å². The number of ketones is 1. The van der Waals surface area contributed by atoms with Crippen LogP contribution in [0.2, 0.25) is 0 Å². The maximum Gasteiger partial charge on any atom is 0.215 e. The Hall–Kier alpha value is -1.60. The van der Waals surface area contributed by atoms with Gasteiger partial charge in [0.15, 0.2) is 0 Å². The Morgan fingerprint density at radius 3 is 3.00 bits per heavy atom. The average Bonchev–Trinajstić information content (AvgIpc) is 2.91. The number of hydrogen-bond donors (Lipinski definition) is 1. The summed E-state index contributed by atoms with van der Waals surface area (Å²) in [6.07, 6.45) is 1.80. The fourth-order valence-electron chi connectivity index (χ4n) is 1.59. The summed E-state index contributed by atoms with van der Waals surface area (Å²) in [6, 6.07) is 5.58. The Morgan fingerprint density at radius 1 is 1.60 bits per heavy atom. The highest BCUT2D eigenvalue weighted by Crippen LogP contribution is 2.20. The van der Waals surface area contributed by atoms with Gasteiger partial charge < -0.3 is 5.32 Å². The Balaban J connectivity index is 2.33. The van der Waals surface area contributed by atoms with Crippen molar-refractivity contribution in [3.63, 3.8) is 0 Å². The van der Waals surface area contributed by atoms with E-state index < -0.39 is 0 Å². The zero-order chi connectivity index (χ0) is 10.7. The Labute approximate surface area is 92.0 Å². The van der Waals surface area contributed by atoms with Crippen LogP contribution in [0, 0.1) is 11.3 Å². The van der Waals surface area contributed by atoms with Gasteiger partial charge in [0.25, 0.3) is 0 Å². The van der Waals surface area contributed by atoms with Gasteiger partial charge >= 0.3 is 0 Å². The number of carbonyl (C=O) groups is 1. The maximum absolute atomic E-state index is 11.9. The normalized spacial score (nSPS) is 18.1. The molecule has 0 radical (unpaired) electrons. The van der Waals surface area contributed by atoms with Crippen molar-refractivity contribution in [3.8, 4) is 6.07 Å². The zero-order valence-electron chi connectivity index (χ0n) is 8.12. The molecule has 1 N–H and O–H groups in total. The standard InChI is InChI=1S/C11H10N2OS/c12-7-8(9-3-1-5-13-9)11(14)10-4-2-6-15-10/h2,4,6,13H,1,3,5H2/b9-8+. The highest BCUT2D eigenvalue weighted by atomic mass is 32.1. The summed E-state index contributed by atoms with van der Waals surface area (Å²) in [4.78, 5) is 12.5. The molecule has 1 saturated heterocycles. The Morgan fingerprint density at radius 2 is 2.47 bits per heavy atom. The molecule has 0 spiro atoms. The second-order valence-electron chi connectivity index (χ2n) is 3.30. The molecule has 0 aliphatic carbocycles. The van der Waals surface area contributed by atoms with E-state index in [9.17, 15) is 4.79 Å². The van der Waals surface area contributed by atoms with Crippen LogP contribution in [0.3, 0.4) is 0 Å². The van der Waals surface area contributed by atoms with Gasteiger partial charge in [-0.05, 0) is 24.3 Å². The minimum absolute atomic E-state index is 0.156. The van der Waals surface area contributed by atoms with E-state index in [1.165, 1.54) is 11.3 Å². The maximum atomic E-state index is 11.9. The first-order chi connectivity index (χ1) is 7.33. The van der Waals surface area contributed by atoms with Crippen LogP contribution in [-0.2, 0) is 0 Å². The number of thiophene rings is 1. The van der Waals surface area contributed by atoms with Crippen molar-refractivity contribution in [2.24, 2.45) is 0 Å². The first kappa shape index (κ1) is 9.94. The lowest BCUT2D eigenvalue weighted by Crippen LogP contribution is -2.11. The first-order valence-electron chi connectivity index (χ1n) is 4.78. The highest BCUT2D eigenvalue weighted by molar-refractivity contribution is 7.12. The molecule has 4 heteroatoms. The molecule has 1 aliphatic rings. The number of Topliss-reactive ketones (excluding diaryl/α,β-unsaturated/α-hetero) is 1. The van der Waals surface area contributed by atoms with Crippen molar-refractivity contribution in [1.29, 1.82) is 5.26 Å². The summed E-state index contributed by atoms with van der Waals surface area (Å²) < 4.78 is 0. The number of allylic oxidation sites excluding steroid dienone is 2. The van der Waals surface area contributed by atoms with E-state index in [2.05, 4.69) is 5.32 Å². The predicted octanol–water partition coefficient (Wildman–Crippen LogP) is 2.09. The smallest absolute Gasteiger partial charge is 0.215 e. The topological polar surface area (TPSA) is 52.9 Å². The molecule has 76 valence electrons. The van der Waals surface area contributed by atoms with E-state index in [4.69, 9.17) is 5.26 Å². The average molecular weight is 218 g/mol. The fraction of sp³-hybridized carbons (Fsp3) is 0.273. The van der Waals surface area contributed by atoms with Crippen molar-refractivity contribution in [2.45, 2.75) is 12.8 Å². The SMILES string of the molecule is N#C/C(C(=O)c1cccs1)=C1/CCCN1. The van der Waals surface area contributed by atoms with E-state index >= 15 is 0 Å². The molecule has 1 aliphatic heterocycles. The number of nitrogens with zero attached hydrogens (tertiary/aromatic N) is 1. The van der Waals surface area contributed by atoms with E-state index in [1.54, 1.807) is 6.07 Å². The van der Waals surface area contributed by atoms with Crippen molar-refractivity contribution < 1.29 is 4.79 Å². The molecule has 15 heavy (non-hydrogen) atoms. The minimum atomic E-state index is -0.156. The third kappa shape index (κ3) is 1.92. The zero-order valence-corrected chi connectivity index (χ0v) is 8.93. The van der Waals surface area contributed by atoms with E-state index in [0.29, 0.717) is 4.88 Å². The van der Waals surface area contributed by atoms with Crippen LogP contribution in [0.15, 0.2) is 28.8 Å². The van der Waals surface area contributed by atoms with Gasteiger partial charge in [0.05, 0.1) is 4.88 Å². The summed E-state index contributed by atoms with van der Waals surface area (Å²) in [5.74, 6) is -0.156. The highest BCUT2D eigenvalue weighted by Gasteiger charge is 2.19. The van der Waals surface area contributed by atoms with Gasteiger partial charge in [-0.25, -0.2) is 0 Å². The number of nitrogens with one attached hydrogen (secondary N) is 1. The van der Waals surface area contributed by atoms with E-state index in [-0.39, 0.29) is 11.4 Å². The number of nitriles is 1. The summed E-state index contributed by atoms with van der Waals surface area (Å²) >= 11 is 1.37. The molecule has 2 rings (SSSR count). The lowest BCUT2D eigenvalue weighted by Gasteiger charge is -2.01. The molecule has 3 nitrogen and oxygen atoms in total. The van der Waals surface area contributed by atoms with Crippen molar-refractivity contribution in [3.05, 3.63) is 33.7 Å². The summed E-state index contributed by atoms with van der Waals surface area (Å²) in [5, 5.41) is 13.9. The van der Waals surface area contributed by atoms with Gasteiger partial charge in [0, 0.05) is 12.2 Å². The predicted molar refractivity (Wildman–Crippen MR) is 58.5 cm³/mol. The van der Waals surface area contributed by atoms with Crippen LogP contribution in [0.1, 0.15) is 22.5 Å². The van der Waals surface area contributed by atoms with Crippen LogP contribution >= 0.6 is 11.3 Å². The Kier molecular flexibility index (Phi) is 2.84. The quantitative estimate of drug-likeness (QED) is 0.470. The molecule has 0 amide bonds. The largest absolute Gasteiger partial charge is 0.387 e. The van der Waals surface area contributed by atoms with Gasteiger partial charge in [0.1, 0.15) is 11.6 Å². The van der Waals surface area contributed by atoms with Crippen LogP contribution in [0.5, 0.6) is 0 Å². The second-order valence-corrected chi connectivity index (χ2v) is 4.25. The van der Waals surface area contributed by atoms with Crippen LogP contribution in [0.25, 0.3) is 0 Å². The molecule has 0 aromatic carbocycles. The van der Waals surface area contributed by atoms with E-state index in [0.717, 1.165) is 25.1 Å². The molecular formula is C11H10N2OS. The molecule has 1 aromatic rings. The van der Waals surface area contributed by atoms with Crippen molar-refractivity contribution in [1.82, 2.24) is 5.32 Å². The molecule has 0 atom stereocenters. The lowest BCUT2D eigenvalue weighted by molar-refractivity contribution is 0.104. The molecule has 0 unspecified atom stereocenters. The minimum Gasteiger partial charge on any atom is -0.387 e. The second kappa shape index (κ2) is 4.28. The molecule has 1 aromatic heterocycles. The van der Waals surface area contributed by atoms with Gasteiger partial charge in [-0.2, -0.15) is 5.26 Å². The van der Waals surface area contributed by atoms with Gasteiger partial charge in [-0.1, -0.05) is 6.07 Å². The number of carbonyl (C=O) groups excluding carboxylic acids is 1. The van der Waals surface area contributed by atoms with Gasteiger partial charge in [-0.3, -0.25) is 4.79 Å². The Bertz CT molecular complexity index is 432. The molecular weight excluding hydrogens is 208 g/mol. The van der Waals surface area contributed by atoms with Crippen molar-refractivity contribution >= 4 is 17.1 Å². The third-order valence-electron chi connectivity index (χ3n) is 2.33. The third-order valence-corrected chi connectivity index (χ3v) is 3.20. The van der Waals surface area contributed by atoms with Gasteiger partial charge in [0.2, 0.25) is 5.78 Å². The van der Waals surface area contributed by atoms with Crippen LogP contribution in [0.4, 0.5) is 0 Å². The first-order valence-corrected chi connectivity index (χ1v) is 5.66. The molecule has 0 saturated carbocycles. The molecule has 1 fully saturated rings. The fourth-order valence-corrected chi connectivity index (χ4v) is 2.26. The molecule has 2 heterocycles. The summed E-state index contributed by atoms with van der Waals surface area (Å²) in [7, 11) is 0. The lowest BCUT2D eigenvalue weighted by atomic mass is 10.1. The van der Waals surface area contributed by atoms with Crippen molar-refractivity contribution in [2.75, 3.05) is 6.54 Å². The molecule has 0 bridgehead atoms. The van der Waals surface area contributed by atoms with Crippen LogP contribution in [-0.4, -0.2) is 12.3 Å².